The molecule has 0 radical (unpaired) electrons. The van der Waals surface area contributed by atoms with E-state index in [-0.39, 0.29) is 11.9 Å². The van der Waals surface area contributed by atoms with E-state index in [9.17, 15) is 4.79 Å². The SMILES string of the molecule is CCCCCC(=O)N(Cc1cccc(Oc2ccccc2)c1)C(C)c1ccccc1. The lowest BCUT2D eigenvalue weighted by atomic mass is 10.0. The lowest BCUT2D eigenvalue weighted by Gasteiger charge is -2.30. The summed E-state index contributed by atoms with van der Waals surface area (Å²) in [5.41, 5.74) is 2.22. The summed E-state index contributed by atoms with van der Waals surface area (Å²) in [6, 6.07) is 28.0. The Labute approximate surface area is 180 Å². The number of hydrogen-bond acceptors (Lipinski definition) is 2. The highest BCUT2D eigenvalue weighted by atomic mass is 16.5. The van der Waals surface area contributed by atoms with Gasteiger partial charge in [-0.05, 0) is 48.7 Å². The number of para-hydroxylation sites is 1. The molecule has 0 aliphatic carbocycles. The van der Waals surface area contributed by atoms with Crippen molar-refractivity contribution in [2.75, 3.05) is 0 Å². The molecule has 0 saturated carbocycles. The zero-order chi connectivity index (χ0) is 21.2. The van der Waals surface area contributed by atoms with Crippen molar-refractivity contribution in [1.29, 1.82) is 0 Å². The van der Waals surface area contributed by atoms with Gasteiger partial charge in [-0.3, -0.25) is 4.79 Å². The third-order valence-corrected chi connectivity index (χ3v) is 5.29. The molecule has 1 amide bonds. The lowest BCUT2D eigenvalue weighted by molar-refractivity contribution is -0.134. The first-order valence-corrected chi connectivity index (χ1v) is 10.8. The summed E-state index contributed by atoms with van der Waals surface area (Å²) in [4.78, 5) is 15.1. The number of carbonyl (C=O) groups is 1. The Morgan fingerprint density at radius 1 is 0.867 bits per heavy atom. The summed E-state index contributed by atoms with van der Waals surface area (Å²) in [7, 11) is 0. The summed E-state index contributed by atoms with van der Waals surface area (Å²) >= 11 is 0. The summed E-state index contributed by atoms with van der Waals surface area (Å²) in [5.74, 6) is 1.79. The Morgan fingerprint density at radius 3 is 2.23 bits per heavy atom. The maximum atomic E-state index is 13.1. The zero-order valence-corrected chi connectivity index (χ0v) is 18.0. The largest absolute Gasteiger partial charge is 0.457 e. The van der Waals surface area contributed by atoms with Gasteiger partial charge >= 0.3 is 0 Å². The second-order valence-electron chi connectivity index (χ2n) is 7.63. The maximum absolute atomic E-state index is 13.1. The lowest BCUT2D eigenvalue weighted by Crippen LogP contribution is -2.33. The van der Waals surface area contributed by atoms with Crippen LogP contribution in [0.2, 0.25) is 0 Å². The van der Waals surface area contributed by atoms with E-state index in [2.05, 4.69) is 32.0 Å². The highest BCUT2D eigenvalue weighted by molar-refractivity contribution is 5.76. The van der Waals surface area contributed by atoms with E-state index in [0.29, 0.717) is 13.0 Å². The molecule has 3 heteroatoms. The molecule has 156 valence electrons. The van der Waals surface area contributed by atoms with Gasteiger partial charge in [0.15, 0.2) is 0 Å². The molecular weight excluding hydrogens is 370 g/mol. The summed E-state index contributed by atoms with van der Waals surface area (Å²) in [6.45, 7) is 4.83. The second kappa shape index (κ2) is 11.2. The van der Waals surface area contributed by atoms with Crippen molar-refractivity contribution in [3.63, 3.8) is 0 Å². The van der Waals surface area contributed by atoms with Crippen LogP contribution in [0, 0.1) is 0 Å². The average Bonchev–Trinajstić information content (AvgIpc) is 2.78. The minimum absolute atomic E-state index is 0.0130. The number of carbonyl (C=O) groups excluding carboxylic acids is 1. The molecule has 1 atom stereocenters. The minimum atomic E-state index is 0.0130. The molecule has 0 spiro atoms. The first kappa shape index (κ1) is 21.6. The number of hydrogen-bond donors (Lipinski definition) is 0. The standard InChI is InChI=1S/C27H31NO2/c1-3-4-7-19-27(29)28(22(2)24-14-8-5-9-15-24)21-23-13-12-18-26(20-23)30-25-16-10-6-11-17-25/h5-6,8-18,20,22H,3-4,7,19,21H2,1-2H3. The van der Waals surface area contributed by atoms with E-state index >= 15 is 0 Å². The van der Waals surface area contributed by atoms with Crippen molar-refractivity contribution in [2.24, 2.45) is 0 Å². The zero-order valence-electron chi connectivity index (χ0n) is 18.0. The molecule has 0 aliphatic heterocycles. The van der Waals surface area contributed by atoms with Crippen LogP contribution in [0.1, 0.15) is 56.7 Å². The molecule has 0 fully saturated rings. The van der Waals surface area contributed by atoms with Crippen molar-refractivity contribution >= 4 is 5.91 Å². The highest BCUT2D eigenvalue weighted by Gasteiger charge is 2.21. The van der Waals surface area contributed by atoms with E-state index in [1.165, 1.54) is 0 Å². The maximum Gasteiger partial charge on any atom is 0.223 e. The van der Waals surface area contributed by atoms with Gasteiger partial charge in [0, 0.05) is 13.0 Å². The first-order chi connectivity index (χ1) is 14.7. The van der Waals surface area contributed by atoms with Crippen LogP contribution in [-0.4, -0.2) is 10.8 Å². The molecule has 0 aliphatic rings. The second-order valence-corrected chi connectivity index (χ2v) is 7.63. The van der Waals surface area contributed by atoms with Crippen LogP contribution in [-0.2, 0) is 11.3 Å². The Kier molecular flexibility index (Phi) is 8.08. The molecule has 0 bridgehead atoms. The molecule has 0 N–H and O–H groups in total. The van der Waals surface area contributed by atoms with E-state index in [1.807, 2.05) is 71.6 Å². The van der Waals surface area contributed by atoms with E-state index in [1.54, 1.807) is 0 Å². The number of benzene rings is 3. The van der Waals surface area contributed by atoms with E-state index in [4.69, 9.17) is 4.74 Å². The van der Waals surface area contributed by atoms with Gasteiger partial charge in [-0.1, -0.05) is 80.4 Å². The highest BCUT2D eigenvalue weighted by Crippen LogP contribution is 2.27. The fourth-order valence-corrected chi connectivity index (χ4v) is 3.55. The van der Waals surface area contributed by atoms with Crippen LogP contribution in [0.25, 0.3) is 0 Å². The number of ether oxygens (including phenoxy) is 1. The van der Waals surface area contributed by atoms with Crippen molar-refractivity contribution in [3.05, 3.63) is 96.1 Å². The molecule has 3 rings (SSSR count). The van der Waals surface area contributed by atoms with Gasteiger partial charge in [-0.15, -0.1) is 0 Å². The smallest absolute Gasteiger partial charge is 0.223 e. The van der Waals surface area contributed by atoms with E-state index < -0.39 is 0 Å². The minimum Gasteiger partial charge on any atom is -0.457 e. The molecule has 1 unspecified atom stereocenters. The van der Waals surface area contributed by atoms with Gasteiger partial charge in [0.05, 0.1) is 6.04 Å². The molecule has 3 nitrogen and oxygen atoms in total. The van der Waals surface area contributed by atoms with Crippen LogP contribution >= 0.6 is 0 Å². The molecule has 0 saturated heterocycles. The van der Waals surface area contributed by atoms with Gasteiger partial charge < -0.3 is 9.64 Å². The van der Waals surface area contributed by atoms with Crippen LogP contribution in [0.3, 0.4) is 0 Å². The van der Waals surface area contributed by atoms with E-state index in [0.717, 1.165) is 41.9 Å². The Morgan fingerprint density at radius 2 is 1.53 bits per heavy atom. The van der Waals surface area contributed by atoms with Gasteiger partial charge in [-0.2, -0.15) is 0 Å². The Bertz CT molecular complexity index is 908. The van der Waals surface area contributed by atoms with Gasteiger partial charge in [0.25, 0.3) is 0 Å². The monoisotopic (exact) mass is 401 g/mol. The predicted octanol–water partition coefficient (Wildman–Crippen LogP) is 7.15. The molecular formula is C27H31NO2. The molecule has 3 aromatic rings. The van der Waals surface area contributed by atoms with Gasteiger partial charge in [0.2, 0.25) is 5.91 Å². The van der Waals surface area contributed by atoms with Gasteiger partial charge in [-0.25, -0.2) is 0 Å². The van der Waals surface area contributed by atoms with Crippen LogP contribution in [0.4, 0.5) is 0 Å². The van der Waals surface area contributed by atoms with Crippen LogP contribution < -0.4 is 4.74 Å². The summed E-state index contributed by atoms with van der Waals surface area (Å²) < 4.78 is 5.98. The van der Waals surface area contributed by atoms with Crippen molar-refractivity contribution in [2.45, 2.75) is 52.1 Å². The van der Waals surface area contributed by atoms with Gasteiger partial charge in [0.1, 0.15) is 11.5 Å². The third-order valence-electron chi connectivity index (χ3n) is 5.29. The molecule has 0 aromatic heterocycles. The summed E-state index contributed by atoms with van der Waals surface area (Å²) in [5, 5.41) is 0. The first-order valence-electron chi connectivity index (χ1n) is 10.8. The number of nitrogens with zero attached hydrogens (tertiary/aromatic N) is 1. The Balaban J connectivity index is 1.78. The van der Waals surface area contributed by atoms with Crippen molar-refractivity contribution < 1.29 is 9.53 Å². The Hall–Kier alpha value is -3.07. The quantitative estimate of drug-likeness (QED) is 0.338. The fourth-order valence-electron chi connectivity index (χ4n) is 3.55. The van der Waals surface area contributed by atoms with Crippen LogP contribution in [0.15, 0.2) is 84.9 Å². The predicted molar refractivity (Wildman–Crippen MR) is 123 cm³/mol. The van der Waals surface area contributed by atoms with Crippen LogP contribution in [0.5, 0.6) is 11.5 Å². The molecule has 3 aromatic carbocycles. The van der Waals surface area contributed by atoms with Crippen molar-refractivity contribution in [3.8, 4) is 11.5 Å². The molecule has 30 heavy (non-hydrogen) atoms. The topological polar surface area (TPSA) is 29.5 Å². The number of amides is 1. The molecule has 0 heterocycles. The summed E-state index contributed by atoms with van der Waals surface area (Å²) in [6.07, 6.45) is 3.72. The fraction of sp³-hybridized carbons (Fsp3) is 0.296. The number of unbranched alkanes of at least 4 members (excludes halogenated alkanes) is 2. The normalized spacial score (nSPS) is 11.7. The van der Waals surface area contributed by atoms with Crippen molar-refractivity contribution in [1.82, 2.24) is 4.90 Å². The number of rotatable bonds is 10. The third kappa shape index (κ3) is 6.21. The average molecular weight is 402 g/mol.